The second-order valence-corrected chi connectivity index (χ2v) is 7.59. The zero-order valence-corrected chi connectivity index (χ0v) is 14.0. The van der Waals surface area contributed by atoms with E-state index in [1.165, 1.54) is 24.3 Å². The summed E-state index contributed by atoms with van der Waals surface area (Å²) >= 11 is 0. The van der Waals surface area contributed by atoms with Gasteiger partial charge >= 0.3 is 5.97 Å². The highest BCUT2D eigenvalue weighted by atomic mass is 32.2. The number of carboxylic acids is 1. The Balaban J connectivity index is 2.14. The molecule has 1 saturated heterocycles. The van der Waals surface area contributed by atoms with Gasteiger partial charge in [-0.15, -0.1) is 0 Å². The van der Waals surface area contributed by atoms with Crippen LogP contribution >= 0.6 is 0 Å². The number of likely N-dealkylation sites (tertiary alicyclic amines) is 1. The average molecular weight is 358 g/mol. The molecule has 1 aliphatic rings. The number of rotatable bonds is 6. The van der Waals surface area contributed by atoms with E-state index < -0.39 is 34.1 Å². The molecule has 2 N–H and O–H groups in total. The van der Waals surface area contributed by atoms with E-state index >= 15 is 0 Å². The molecule has 1 aromatic carbocycles. The van der Waals surface area contributed by atoms with Gasteiger partial charge in [-0.3, -0.25) is 9.52 Å². The minimum atomic E-state index is -3.49. The van der Waals surface area contributed by atoms with E-state index in [4.69, 9.17) is 5.11 Å². The van der Waals surface area contributed by atoms with Crippen LogP contribution in [0.5, 0.6) is 0 Å². The standard InChI is InChI=1S/C15H19FN2O5S/c1-2-8-24(22,23)17-12-5-3-4-11(9-12)13(19)18-7-6-15(16,10-18)14(20)21/h3-5,9,17H,2,6-8,10H2,1H3,(H,20,21). The van der Waals surface area contributed by atoms with Gasteiger partial charge in [0.1, 0.15) is 0 Å². The number of sulfonamides is 1. The van der Waals surface area contributed by atoms with Gasteiger partial charge in [0.05, 0.1) is 12.3 Å². The highest BCUT2D eigenvalue weighted by Gasteiger charge is 2.47. The first-order valence-electron chi connectivity index (χ1n) is 7.49. The summed E-state index contributed by atoms with van der Waals surface area (Å²) in [4.78, 5) is 24.4. The first-order chi connectivity index (χ1) is 11.2. The normalized spacial score (nSPS) is 20.8. The van der Waals surface area contributed by atoms with Crippen LogP contribution < -0.4 is 4.72 Å². The largest absolute Gasteiger partial charge is 0.479 e. The maximum absolute atomic E-state index is 14.1. The molecular formula is C15H19FN2O5S. The monoisotopic (exact) mass is 358 g/mol. The summed E-state index contributed by atoms with van der Waals surface area (Å²) < 4.78 is 40.0. The molecule has 0 bridgehead atoms. The van der Waals surface area contributed by atoms with Crippen LogP contribution in [0, 0.1) is 0 Å². The molecule has 9 heteroatoms. The minimum Gasteiger partial charge on any atom is -0.479 e. The number of carbonyl (C=O) groups is 2. The molecule has 2 rings (SSSR count). The summed E-state index contributed by atoms with van der Waals surface area (Å²) in [7, 11) is -3.49. The van der Waals surface area contributed by atoms with E-state index in [-0.39, 0.29) is 30.0 Å². The molecule has 1 unspecified atom stereocenters. The number of nitrogens with zero attached hydrogens (tertiary/aromatic N) is 1. The Morgan fingerprint density at radius 1 is 1.42 bits per heavy atom. The number of hydrogen-bond donors (Lipinski definition) is 2. The predicted molar refractivity (Wildman–Crippen MR) is 86.1 cm³/mol. The molecule has 1 aromatic rings. The van der Waals surface area contributed by atoms with Crippen LogP contribution in [0.15, 0.2) is 24.3 Å². The van der Waals surface area contributed by atoms with Gasteiger partial charge in [-0.2, -0.15) is 0 Å². The van der Waals surface area contributed by atoms with E-state index in [1.807, 2.05) is 0 Å². The van der Waals surface area contributed by atoms with Crippen molar-refractivity contribution in [1.82, 2.24) is 4.90 Å². The quantitative estimate of drug-likeness (QED) is 0.802. The fourth-order valence-corrected chi connectivity index (χ4v) is 3.64. The third kappa shape index (κ3) is 4.02. The van der Waals surface area contributed by atoms with Crippen LogP contribution in [0.4, 0.5) is 10.1 Å². The van der Waals surface area contributed by atoms with Gasteiger partial charge in [-0.05, 0) is 24.6 Å². The number of amides is 1. The number of anilines is 1. The lowest BCUT2D eigenvalue weighted by molar-refractivity contribution is -0.149. The van der Waals surface area contributed by atoms with Crippen molar-refractivity contribution in [1.29, 1.82) is 0 Å². The highest BCUT2D eigenvalue weighted by Crippen LogP contribution is 2.27. The lowest BCUT2D eigenvalue weighted by Gasteiger charge is -2.18. The van der Waals surface area contributed by atoms with Crippen molar-refractivity contribution in [3.8, 4) is 0 Å². The average Bonchev–Trinajstić information content (AvgIpc) is 2.90. The SMILES string of the molecule is CCCS(=O)(=O)Nc1cccc(C(=O)N2CCC(F)(C(=O)O)C2)c1. The van der Waals surface area contributed by atoms with Crippen molar-refractivity contribution in [2.24, 2.45) is 0 Å². The minimum absolute atomic E-state index is 0.00652. The van der Waals surface area contributed by atoms with E-state index in [9.17, 15) is 22.4 Å². The molecule has 1 aliphatic heterocycles. The van der Waals surface area contributed by atoms with E-state index in [2.05, 4.69) is 4.72 Å². The summed E-state index contributed by atoms with van der Waals surface area (Å²) in [6, 6.07) is 5.84. The Morgan fingerprint density at radius 2 is 2.12 bits per heavy atom. The first kappa shape index (κ1) is 18.2. The fourth-order valence-electron chi connectivity index (χ4n) is 2.52. The molecule has 0 aliphatic carbocycles. The molecule has 1 atom stereocenters. The van der Waals surface area contributed by atoms with E-state index in [0.29, 0.717) is 6.42 Å². The lowest BCUT2D eigenvalue weighted by atomic mass is 10.1. The first-order valence-corrected chi connectivity index (χ1v) is 9.14. The maximum atomic E-state index is 14.1. The Hall–Kier alpha value is -2.16. The van der Waals surface area contributed by atoms with Gasteiger partial charge in [-0.25, -0.2) is 17.6 Å². The lowest BCUT2D eigenvalue weighted by Crippen LogP contribution is -2.38. The predicted octanol–water partition coefficient (Wildman–Crippen LogP) is 1.48. The molecule has 1 fully saturated rings. The molecule has 0 saturated carbocycles. The number of nitrogens with one attached hydrogen (secondary N) is 1. The number of alkyl halides is 1. The van der Waals surface area contributed by atoms with Crippen molar-refractivity contribution in [3.05, 3.63) is 29.8 Å². The second-order valence-electron chi connectivity index (χ2n) is 5.75. The van der Waals surface area contributed by atoms with Crippen LogP contribution in [-0.4, -0.2) is 54.8 Å². The molecule has 0 aromatic heterocycles. The smallest absolute Gasteiger partial charge is 0.343 e. The number of carboxylic acid groups (broad SMARTS) is 1. The summed E-state index contributed by atoms with van der Waals surface area (Å²) in [6.07, 6.45) is 0.187. The van der Waals surface area contributed by atoms with Gasteiger partial charge in [-0.1, -0.05) is 13.0 Å². The molecule has 1 heterocycles. The molecule has 0 spiro atoms. The number of benzene rings is 1. The Morgan fingerprint density at radius 3 is 2.71 bits per heavy atom. The van der Waals surface area contributed by atoms with Gasteiger partial charge in [0.2, 0.25) is 15.7 Å². The third-order valence-corrected chi connectivity index (χ3v) is 5.24. The summed E-state index contributed by atoms with van der Waals surface area (Å²) in [5, 5.41) is 8.88. The molecule has 1 amide bonds. The molecular weight excluding hydrogens is 339 g/mol. The van der Waals surface area contributed by atoms with Crippen LogP contribution in [0.25, 0.3) is 0 Å². The highest BCUT2D eigenvalue weighted by molar-refractivity contribution is 7.92. The summed E-state index contributed by atoms with van der Waals surface area (Å²) in [6.45, 7) is 1.21. The van der Waals surface area contributed by atoms with E-state index in [1.54, 1.807) is 6.92 Å². The second kappa shape index (κ2) is 6.76. The third-order valence-electron chi connectivity index (χ3n) is 3.75. The van der Waals surface area contributed by atoms with Crippen LogP contribution in [-0.2, 0) is 14.8 Å². The molecule has 132 valence electrons. The number of hydrogen-bond acceptors (Lipinski definition) is 4. The van der Waals surface area contributed by atoms with Crippen molar-refractivity contribution >= 4 is 27.6 Å². The summed E-state index contributed by atoms with van der Waals surface area (Å²) in [5.41, 5.74) is -2.03. The van der Waals surface area contributed by atoms with Crippen molar-refractivity contribution in [2.75, 3.05) is 23.6 Å². The van der Waals surface area contributed by atoms with Gasteiger partial charge in [0, 0.05) is 24.2 Å². The zero-order valence-electron chi connectivity index (χ0n) is 13.2. The van der Waals surface area contributed by atoms with E-state index in [0.717, 1.165) is 4.90 Å². The Labute approximate surface area is 139 Å². The molecule has 7 nitrogen and oxygen atoms in total. The van der Waals surface area contributed by atoms with Crippen LogP contribution in [0.3, 0.4) is 0 Å². The number of aliphatic carboxylic acids is 1. The molecule has 24 heavy (non-hydrogen) atoms. The topological polar surface area (TPSA) is 104 Å². The van der Waals surface area contributed by atoms with Gasteiger partial charge in [0.25, 0.3) is 5.91 Å². The fraction of sp³-hybridized carbons (Fsp3) is 0.467. The van der Waals surface area contributed by atoms with Crippen molar-refractivity contribution in [2.45, 2.75) is 25.4 Å². The van der Waals surface area contributed by atoms with Gasteiger partial charge in [0.15, 0.2) is 0 Å². The Kier molecular flexibility index (Phi) is 5.12. The number of carbonyl (C=O) groups excluding carboxylic acids is 1. The van der Waals surface area contributed by atoms with Crippen molar-refractivity contribution in [3.63, 3.8) is 0 Å². The maximum Gasteiger partial charge on any atom is 0.343 e. The zero-order chi connectivity index (χ0) is 18.0. The van der Waals surface area contributed by atoms with Crippen LogP contribution in [0.2, 0.25) is 0 Å². The Bertz CT molecular complexity index is 752. The summed E-state index contributed by atoms with van der Waals surface area (Å²) in [5.74, 6) is -2.16. The number of halogens is 1. The van der Waals surface area contributed by atoms with Crippen molar-refractivity contribution < 1.29 is 27.5 Å². The van der Waals surface area contributed by atoms with Gasteiger partial charge < -0.3 is 10.0 Å². The van der Waals surface area contributed by atoms with Crippen LogP contribution in [0.1, 0.15) is 30.1 Å². The molecule has 0 radical (unpaired) electrons.